The second-order valence-electron chi connectivity index (χ2n) is 6.15. The maximum Gasteiger partial charge on any atom is 0.125 e. The molecular formula is C21H17N3O4. The summed E-state index contributed by atoms with van der Waals surface area (Å²) in [5.74, 6) is -0.0762. The normalized spacial score (nSPS) is 13.9. The largest absolute Gasteiger partial charge is 0.507 e. The molecule has 1 aliphatic heterocycles. The number of nitrogens with zero attached hydrogens (tertiary/aromatic N) is 2. The Kier molecular flexibility index (Phi) is 4.35. The average molecular weight is 375 g/mol. The fourth-order valence-electron chi connectivity index (χ4n) is 3.13. The number of hydrogen-bond acceptors (Lipinski definition) is 7. The molecular weight excluding hydrogens is 358 g/mol. The van der Waals surface area contributed by atoms with Crippen LogP contribution in [-0.2, 0) is 0 Å². The van der Waals surface area contributed by atoms with E-state index in [2.05, 4.69) is 10.5 Å². The van der Waals surface area contributed by atoms with Crippen molar-refractivity contribution in [2.75, 3.05) is 0 Å². The number of allylic oxidation sites excluding steroid dienone is 1. The van der Waals surface area contributed by atoms with Crippen molar-refractivity contribution < 1.29 is 20.5 Å². The van der Waals surface area contributed by atoms with Crippen molar-refractivity contribution >= 4 is 17.0 Å². The van der Waals surface area contributed by atoms with E-state index in [1.807, 2.05) is 0 Å². The third-order valence-corrected chi connectivity index (χ3v) is 4.40. The van der Waals surface area contributed by atoms with Crippen LogP contribution in [0.15, 0.2) is 77.9 Å². The molecule has 3 aromatic rings. The van der Waals surface area contributed by atoms with Gasteiger partial charge >= 0.3 is 0 Å². The van der Waals surface area contributed by atoms with E-state index in [-0.39, 0.29) is 23.0 Å². The highest BCUT2D eigenvalue weighted by Crippen LogP contribution is 2.39. The summed E-state index contributed by atoms with van der Waals surface area (Å²) in [7, 11) is 0. The van der Waals surface area contributed by atoms with Crippen LogP contribution in [0, 0.1) is 0 Å². The number of para-hydroxylation sites is 3. The van der Waals surface area contributed by atoms with Crippen molar-refractivity contribution in [1.82, 2.24) is 10.7 Å². The monoisotopic (exact) mass is 375 g/mol. The molecule has 0 bridgehead atoms. The molecule has 0 amide bonds. The summed E-state index contributed by atoms with van der Waals surface area (Å²) in [5.41, 5.74) is 4.81. The summed E-state index contributed by atoms with van der Waals surface area (Å²) >= 11 is 0. The van der Waals surface area contributed by atoms with E-state index in [0.29, 0.717) is 33.2 Å². The number of nitrogens with one attached hydrogen (secondary N) is 1. The lowest BCUT2D eigenvalue weighted by Crippen LogP contribution is -2.36. The number of benzene rings is 3. The smallest absolute Gasteiger partial charge is 0.125 e. The van der Waals surface area contributed by atoms with Gasteiger partial charge in [0, 0.05) is 22.3 Å². The van der Waals surface area contributed by atoms with Crippen LogP contribution >= 0.6 is 0 Å². The predicted molar refractivity (Wildman–Crippen MR) is 104 cm³/mol. The van der Waals surface area contributed by atoms with E-state index in [4.69, 9.17) is 0 Å². The minimum absolute atomic E-state index is 0.0123. The molecule has 1 heterocycles. The Labute approximate surface area is 160 Å². The van der Waals surface area contributed by atoms with Crippen LogP contribution in [0.3, 0.4) is 0 Å². The zero-order valence-electron chi connectivity index (χ0n) is 14.6. The van der Waals surface area contributed by atoms with Crippen molar-refractivity contribution in [2.24, 2.45) is 5.10 Å². The van der Waals surface area contributed by atoms with Gasteiger partial charge in [0.2, 0.25) is 0 Å². The lowest BCUT2D eigenvalue weighted by Gasteiger charge is -2.28. The second-order valence-corrected chi connectivity index (χ2v) is 6.15. The maximum atomic E-state index is 10.5. The molecule has 0 saturated heterocycles. The molecule has 0 unspecified atom stereocenters. The number of phenols is 3. The molecule has 1 aliphatic rings. The van der Waals surface area contributed by atoms with Crippen LogP contribution in [-0.4, -0.2) is 31.5 Å². The van der Waals surface area contributed by atoms with E-state index < -0.39 is 0 Å². The number of rotatable bonds is 3. The molecule has 7 nitrogen and oxygen atoms in total. The molecule has 5 N–H and O–H groups in total. The minimum atomic E-state index is -0.0406. The highest BCUT2D eigenvalue weighted by atomic mass is 16.6. The Balaban J connectivity index is 2.06. The van der Waals surface area contributed by atoms with Gasteiger partial charge in [0.05, 0.1) is 5.70 Å². The third-order valence-electron chi connectivity index (χ3n) is 4.40. The highest BCUT2D eigenvalue weighted by Gasteiger charge is 2.29. The molecule has 0 radical (unpaired) electrons. The minimum Gasteiger partial charge on any atom is -0.507 e. The average Bonchev–Trinajstić information content (AvgIpc) is 2.69. The fourth-order valence-corrected chi connectivity index (χ4v) is 3.13. The van der Waals surface area contributed by atoms with E-state index in [9.17, 15) is 20.5 Å². The van der Waals surface area contributed by atoms with Crippen LogP contribution in [0.2, 0.25) is 0 Å². The standard InChI is InChI=1S/C21H17N3O4/c25-16-10-4-1-7-13(16)19-20(14-8-2-5-11-17(14)26)22-24(28)23-21(19)15-9-3-6-12-18(15)27/h1-12,22,25-28H. The van der Waals surface area contributed by atoms with Gasteiger partial charge in [0.1, 0.15) is 23.0 Å². The van der Waals surface area contributed by atoms with Crippen LogP contribution in [0.1, 0.15) is 16.7 Å². The predicted octanol–water partition coefficient (Wildman–Crippen LogP) is 3.29. The van der Waals surface area contributed by atoms with Crippen LogP contribution in [0.25, 0.3) is 11.3 Å². The van der Waals surface area contributed by atoms with Crippen LogP contribution in [0.4, 0.5) is 0 Å². The first-order valence-corrected chi connectivity index (χ1v) is 8.50. The Morgan fingerprint density at radius 1 is 0.643 bits per heavy atom. The topological polar surface area (TPSA) is 109 Å². The fraction of sp³-hybridized carbons (Fsp3) is 0. The van der Waals surface area contributed by atoms with E-state index in [1.54, 1.807) is 54.6 Å². The lowest BCUT2D eigenvalue weighted by atomic mass is 9.90. The van der Waals surface area contributed by atoms with Gasteiger partial charge in [0.15, 0.2) is 0 Å². The van der Waals surface area contributed by atoms with Crippen molar-refractivity contribution in [1.29, 1.82) is 0 Å². The van der Waals surface area contributed by atoms with Crippen LogP contribution in [0.5, 0.6) is 17.2 Å². The third kappa shape index (κ3) is 3.00. The molecule has 28 heavy (non-hydrogen) atoms. The number of hydrazone groups is 1. The number of aromatic hydroxyl groups is 3. The first kappa shape index (κ1) is 17.4. The summed E-state index contributed by atoms with van der Waals surface area (Å²) in [6.07, 6.45) is 0. The Morgan fingerprint density at radius 3 is 1.64 bits per heavy atom. The number of phenolic OH excluding ortho intramolecular Hbond substituents is 3. The first-order chi connectivity index (χ1) is 13.6. The summed E-state index contributed by atoms with van der Waals surface area (Å²) in [4.78, 5) is 0. The summed E-state index contributed by atoms with van der Waals surface area (Å²) in [5, 5.41) is 46.0. The molecule has 0 aromatic heterocycles. The summed E-state index contributed by atoms with van der Waals surface area (Å²) in [6, 6.07) is 19.8. The molecule has 140 valence electrons. The SMILES string of the molecule is Oc1ccccc1C1=NN(O)NC(c2ccccc2O)=C1c1ccccc1O. The van der Waals surface area contributed by atoms with Gasteiger partial charge in [-0.25, -0.2) is 0 Å². The summed E-state index contributed by atoms with van der Waals surface area (Å²) < 4.78 is 0. The van der Waals surface area contributed by atoms with Crippen molar-refractivity contribution in [3.8, 4) is 17.2 Å². The van der Waals surface area contributed by atoms with E-state index in [1.165, 1.54) is 18.2 Å². The summed E-state index contributed by atoms with van der Waals surface area (Å²) in [6.45, 7) is 0. The Morgan fingerprint density at radius 2 is 1.11 bits per heavy atom. The van der Waals surface area contributed by atoms with Gasteiger partial charge in [-0.3, -0.25) is 10.6 Å². The molecule has 7 heteroatoms. The van der Waals surface area contributed by atoms with Gasteiger partial charge in [0.25, 0.3) is 0 Å². The second kappa shape index (κ2) is 6.98. The molecule has 0 saturated carbocycles. The van der Waals surface area contributed by atoms with Crippen LogP contribution < -0.4 is 5.43 Å². The Hall–Kier alpha value is -3.97. The lowest BCUT2D eigenvalue weighted by molar-refractivity contribution is -0.120. The number of hydrazine groups is 1. The van der Waals surface area contributed by atoms with Gasteiger partial charge in [-0.05, 0) is 30.3 Å². The molecule has 0 fully saturated rings. The molecule has 0 aliphatic carbocycles. The maximum absolute atomic E-state index is 10.5. The molecule has 0 atom stereocenters. The van der Waals surface area contributed by atoms with E-state index >= 15 is 0 Å². The van der Waals surface area contributed by atoms with Gasteiger partial charge in [-0.1, -0.05) is 47.7 Å². The highest BCUT2D eigenvalue weighted by molar-refractivity contribution is 6.38. The van der Waals surface area contributed by atoms with Crippen molar-refractivity contribution in [3.63, 3.8) is 0 Å². The van der Waals surface area contributed by atoms with Gasteiger partial charge in [-0.15, -0.1) is 5.10 Å². The zero-order valence-corrected chi connectivity index (χ0v) is 14.6. The quantitative estimate of drug-likeness (QED) is 0.481. The zero-order chi connectivity index (χ0) is 19.7. The molecule has 3 aromatic carbocycles. The first-order valence-electron chi connectivity index (χ1n) is 8.50. The molecule has 4 rings (SSSR count). The van der Waals surface area contributed by atoms with E-state index in [0.717, 1.165) is 0 Å². The van der Waals surface area contributed by atoms with Gasteiger partial charge in [-0.2, -0.15) is 0 Å². The van der Waals surface area contributed by atoms with Gasteiger partial charge < -0.3 is 15.3 Å². The Bertz CT molecular complexity index is 1110. The van der Waals surface area contributed by atoms with Crippen molar-refractivity contribution in [2.45, 2.75) is 0 Å². The molecule has 0 spiro atoms. The number of hydrogen-bond donors (Lipinski definition) is 5. The van der Waals surface area contributed by atoms with Crippen molar-refractivity contribution in [3.05, 3.63) is 89.5 Å².